The predicted molar refractivity (Wildman–Crippen MR) is 52.0 cm³/mol. The lowest BCUT2D eigenvalue weighted by atomic mass is 10.1. The van der Waals surface area contributed by atoms with Crippen LogP contribution in [-0.2, 0) is 13.8 Å². The first kappa shape index (κ1) is 10.5. The molecule has 0 fully saturated rings. The fourth-order valence-electron chi connectivity index (χ4n) is 0.860. The zero-order valence-corrected chi connectivity index (χ0v) is 8.93. The Morgan fingerprint density at radius 3 is 2.46 bits per heavy atom. The number of hydrogen-bond donors (Lipinski definition) is 0. The first-order valence-electron chi connectivity index (χ1n) is 3.70. The summed E-state index contributed by atoms with van der Waals surface area (Å²) in [4.78, 5) is 3.84. The van der Waals surface area contributed by atoms with Gasteiger partial charge in [0.1, 0.15) is 4.75 Å². The van der Waals surface area contributed by atoms with Crippen LogP contribution in [0.4, 0.5) is 0 Å². The minimum absolute atomic E-state index is 0.588. The molecule has 1 heterocycles. The predicted octanol–water partition coefficient (Wildman–Crippen LogP) is 1.89. The lowest BCUT2D eigenvalue weighted by molar-refractivity contribution is 0.570. The van der Waals surface area contributed by atoms with Crippen LogP contribution in [-0.4, -0.2) is 13.4 Å². The highest BCUT2D eigenvalue weighted by molar-refractivity contribution is 8.14. The molecule has 72 valence electrons. The van der Waals surface area contributed by atoms with Crippen molar-refractivity contribution in [2.45, 2.75) is 18.6 Å². The Kier molecular flexibility index (Phi) is 2.63. The Balaban J connectivity index is 3.24. The zero-order chi connectivity index (χ0) is 10.1. The van der Waals surface area contributed by atoms with Gasteiger partial charge < -0.3 is 0 Å². The van der Waals surface area contributed by atoms with Crippen molar-refractivity contribution >= 4 is 19.7 Å². The van der Waals surface area contributed by atoms with Crippen molar-refractivity contribution in [2.75, 3.05) is 0 Å². The molecule has 0 aliphatic heterocycles. The van der Waals surface area contributed by atoms with Gasteiger partial charge in [-0.1, -0.05) is 6.07 Å². The molecule has 3 nitrogen and oxygen atoms in total. The second kappa shape index (κ2) is 3.27. The Morgan fingerprint density at radius 2 is 2.08 bits per heavy atom. The quantitative estimate of drug-likeness (QED) is 0.714. The van der Waals surface area contributed by atoms with Crippen LogP contribution in [0.15, 0.2) is 24.5 Å². The topological polar surface area (TPSA) is 47.0 Å². The van der Waals surface area contributed by atoms with Crippen LogP contribution in [0, 0.1) is 0 Å². The summed E-state index contributed by atoms with van der Waals surface area (Å²) in [6.07, 6.45) is 3.08. The van der Waals surface area contributed by atoms with Gasteiger partial charge in [-0.15, -0.1) is 0 Å². The van der Waals surface area contributed by atoms with Gasteiger partial charge in [0.25, 0.3) is 0 Å². The third kappa shape index (κ3) is 2.00. The average Bonchev–Trinajstić information content (AvgIpc) is 2.04. The molecule has 0 amide bonds. The highest BCUT2D eigenvalue weighted by atomic mass is 35.7. The van der Waals surface area contributed by atoms with Gasteiger partial charge in [-0.25, -0.2) is 8.42 Å². The molecule has 0 aromatic carbocycles. The zero-order valence-electron chi connectivity index (χ0n) is 7.36. The van der Waals surface area contributed by atoms with Crippen LogP contribution in [0.1, 0.15) is 19.4 Å². The van der Waals surface area contributed by atoms with Crippen LogP contribution in [0.2, 0.25) is 0 Å². The van der Waals surface area contributed by atoms with E-state index in [9.17, 15) is 8.42 Å². The van der Waals surface area contributed by atoms with E-state index < -0.39 is 13.8 Å². The van der Waals surface area contributed by atoms with Crippen molar-refractivity contribution in [1.82, 2.24) is 4.98 Å². The lowest BCUT2D eigenvalue weighted by Crippen LogP contribution is -2.24. The molecule has 0 aliphatic rings. The summed E-state index contributed by atoms with van der Waals surface area (Å²) in [6, 6.07) is 3.37. The highest BCUT2D eigenvalue weighted by Gasteiger charge is 2.34. The highest BCUT2D eigenvalue weighted by Crippen LogP contribution is 2.31. The van der Waals surface area contributed by atoms with E-state index in [0.717, 1.165) is 0 Å². The maximum atomic E-state index is 11.2. The summed E-state index contributed by atoms with van der Waals surface area (Å²) in [6.45, 7) is 3.10. The molecule has 1 aromatic heterocycles. The smallest absolute Gasteiger partial charge is 0.241 e. The van der Waals surface area contributed by atoms with Crippen LogP contribution >= 0.6 is 10.7 Å². The van der Waals surface area contributed by atoms with E-state index in [1.807, 2.05) is 0 Å². The minimum Gasteiger partial charge on any atom is -0.264 e. The summed E-state index contributed by atoms with van der Waals surface area (Å²) in [5.74, 6) is 0. The number of halogens is 1. The number of rotatable bonds is 2. The lowest BCUT2D eigenvalue weighted by Gasteiger charge is -2.20. The molecule has 5 heteroatoms. The van der Waals surface area contributed by atoms with Crippen molar-refractivity contribution in [3.05, 3.63) is 30.1 Å². The summed E-state index contributed by atoms with van der Waals surface area (Å²) >= 11 is 0. The van der Waals surface area contributed by atoms with Crippen LogP contribution in [0.25, 0.3) is 0 Å². The van der Waals surface area contributed by atoms with Crippen LogP contribution < -0.4 is 0 Å². The molecular formula is C8H10ClNO2S. The van der Waals surface area contributed by atoms with Crippen molar-refractivity contribution in [3.63, 3.8) is 0 Å². The van der Waals surface area contributed by atoms with E-state index >= 15 is 0 Å². The molecule has 1 aromatic rings. The van der Waals surface area contributed by atoms with E-state index in [2.05, 4.69) is 4.98 Å². The summed E-state index contributed by atoms with van der Waals surface area (Å²) in [5, 5.41) is 0. The van der Waals surface area contributed by atoms with Crippen LogP contribution in [0.5, 0.6) is 0 Å². The Labute approximate surface area is 82.2 Å². The van der Waals surface area contributed by atoms with Gasteiger partial charge in [-0.3, -0.25) is 4.98 Å². The van der Waals surface area contributed by atoms with E-state index in [1.54, 1.807) is 32.2 Å². The Hall–Kier alpha value is -0.610. The normalized spacial score (nSPS) is 12.8. The van der Waals surface area contributed by atoms with Gasteiger partial charge in [0, 0.05) is 23.1 Å². The van der Waals surface area contributed by atoms with Crippen molar-refractivity contribution in [2.24, 2.45) is 0 Å². The third-order valence-corrected chi connectivity index (χ3v) is 4.58. The molecule has 0 spiro atoms. The van der Waals surface area contributed by atoms with E-state index in [4.69, 9.17) is 10.7 Å². The fraction of sp³-hybridized carbons (Fsp3) is 0.375. The number of pyridine rings is 1. The standard InChI is InChI=1S/C8H10ClNO2S/c1-8(2,13(9,11)12)7-4-3-5-10-6-7/h3-6H,1-2H3. The fourth-order valence-corrected chi connectivity index (χ4v) is 1.53. The number of aromatic nitrogens is 1. The molecule has 1 rings (SSSR count). The maximum Gasteiger partial charge on any atom is 0.241 e. The van der Waals surface area contributed by atoms with Gasteiger partial charge in [0.15, 0.2) is 0 Å². The molecule has 0 aliphatic carbocycles. The van der Waals surface area contributed by atoms with Gasteiger partial charge in [-0.2, -0.15) is 0 Å². The Morgan fingerprint density at radius 1 is 1.46 bits per heavy atom. The third-order valence-electron chi connectivity index (χ3n) is 1.97. The minimum atomic E-state index is -3.62. The SMILES string of the molecule is CC(C)(c1cccnc1)S(=O)(=O)Cl. The van der Waals surface area contributed by atoms with Crippen molar-refractivity contribution in [3.8, 4) is 0 Å². The second-order valence-electron chi connectivity index (χ2n) is 3.19. The molecule has 0 bridgehead atoms. The monoisotopic (exact) mass is 219 g/mol. The second-order valence-corrected chi connectivity index (χ2v) is 6.31. The van der Waals surface area contributed by atoms with Crippen molar-refractivity contribution < 1.29 is 8.42 Å². The molecule has 0 atom stereocenters. The van der Waals surface area contributed by atoms with Crippen LogP contribution in [0.3, 0.4) is 0 Å². The van der Waals surface area contributed by atoms with E-state index in [1.165, 1.54) is 6.20 Å². The Bertz CT molecular complexity index is 386. The molecule has 0 unspecified atom stereocenters. The molecule has 0 saturated heterocycles. The van der Waals surface area contributed by atoms with Gasteiger partial charge >= 0.3 is 0 Å². The van der Waals surface area contributed by atoms with Crippen molar-refractivity contribution in [1.29, 1.82) is 0 Å². The molecule has 0 radical (unpaired) electrons. The molecule has 13 heavy (non-hydrogen) atoms. The van der Waals surface area contributed by atoms with E-state index in [0.29, 0.717) is 5.56 Å². The maximum absolute atomic E-state index is 11.2. The summed E-state index contributed by atoms with van der Waals surface area (Å²) in [7, 11) is 1.68. The molecular weight excluding hydrogens is 210 g/mol. The van der Waals surface area contributed by atoms with Gasteiger partial charge in [-0.05, 0) is 25.5 Å². The largest absolute Gasteiger partial charge is 0.264 e. The average molecular weight is 220 g/mol. The summed E-state index contributed by atoms with van der Waals surface area (Å²) in [5.41, 5.74) is 0.588. The number of hydrogen-bond acceptors (Lipinski definition) is 3. The van der Waals surface area contributed by atoms with Gasteiger partial charge in [0.05, 0.1) is 0 Å². The summed E-state index contributed by atoms with van der Waals surface area (Å²) < 4.78 is 21.3. The number of nitrogens with zero attached hydrogens (tertiary/aromatic N) is 1. The first-order chi connectivity index (χ1) is 5.86. The molecule has 0 saturated carbocycles. The van der Waals surface area contributed by atoms with E-state index in [-0.39, 0.29) is 0 Å². The molecule has 0 N–H and O–H groups in total. The first-order valence-corrected chi connectivity index (χ1v) is 6.01. The van der Waals surface area contributed by atoms with Gasteiger partial charge in [0.2, 0.25) is 9.05 Å².